The summed E-state index contributed by atoms with van der Waals surface area (Å²) in [6.07, 6.45) is 8.42. The minimum Gasteiger partial charge on any atom is -0.395 e. The second-order valence-electron chi connectivity index (χ2n) is 4.99. The Morgan fingerprint density at radius 2 is 2.21 bits per heavy atom. The highest BCUT2D eigenvalue weighted by Crippen LogP contribution is 2.38. The Kier molecular flexibility index (Phi) is 1.76. The smallest absolute Gasteiger partial charge is 0.181 e. The van der Waals surface area contributed by atoms with E-state index in [2.05, 4.69) is 17.6 Å². The van der Waals surface area contributed by atoms with E-state index in [4.69, 9.17) is 4.84 Å². The van der Waals surface area contributed by atoms with Gasteiger partial charge >= 0.3 is 0 Å². The monoisotopic (exact) mass is 196 g/mol. The summed E-state index contributed by atoms with van der Waals surface area (Å²) < 4.78 is 1.18. The summed E-state index contributed by atoms with van der Waals surface area (Å²) in [5, 5.41) is 2.13. The van der Waals surface area contributed by atoms with Gasteiger partial charge in [-0.05, 0) is 18.8 Å². The van der Waals surface area contributed by atoms with Crippen LogP contribution in [0.4, 0.5) is 0 Å². The molecule has 0 aromatic rings. The number of hydrogen-bond acceptors (Lipinski definition) is 3. The van der Waals surface area contributed by atoms with Gasteiger partial charge in [0.1, 0.15) is 6.26 Å². The van der Waals surface area contributed by atoms with Crippen molar-refractivity contribution >= 4 is 0 Å². The van der Waals surface area contributed by atoms with Gasteiger partial charge in [-0.3, -0.25) is 0 Å². The van der Waals surface area contributed by atoms with Crippen LogP contribution in [0.1, 0.15) is 19.3 Å². The zero-order chi connectivity index (χ0) is 9.60. The topological polar surface area (TPSA) is 24.5 Å². The van der Waals surface area contributed by atoms with E-state index in [1.165, 1.54) is 36.8 Å². The second-order valence-corrected chi connectivity index (χ2v) is 4.99. The molecule has 3 fully saturated rings. The highest BCUT2D eigenvalue weighted by atomic mass is 16.7. The predicted octanol–water partition coefficient (Wildman–Crippen LogP) is 0.796. The van der Waals surface area contributed by atoms with Gasteiger partial charge in [0, 0.05) is 6.42 Å². The van der Waals surface area contributed by atoms with E-state index < -0.39 is 0 Å². The maximum atomic E-state index is 5.05. The lowest BCUT2D eigenvalue weighted by molar-refractivity contribution is -0.960. The van der Waals surface area contributed by atoms with Gasteiger partial charge in [-0.1, -0.05) is 5.59 Å². The van der Waals surface area contributed by atoms with Crippen LogP contribution in [-0.4, -0.2) is 35.8 Å². The normalized spacial score (nSPS) is 45.6. The van der Waals surface area contributed by atoms with Crippen LogP contribution in [0.5, 0.6) is 0 Å². The fourth-order valence-electron chi connectivity index (χ4n) is 3.09. The molecule has 0 spiro atoms. The number of hydrogen-bond donors (Lipinski definition) is 1. The summed E-state index contributed by atoms with van der Waals surface area (Å²) in [6.45, 7) is 2.64. The first-order valence-electron chi connectivity index (χ1n) is 5.48. The molecule has 0 aliphatic carbocycles. The molecule has 78 valence electrons. The van der Waals surface area contributed by atoms with Crippen molar-refractivity contribution in [2.45, 2.75) is 25.4 Å². The van der Waals surface area contributed by atoms with Crippen LogP contribution < -0.4 is 5.59 Å². The van der Waals surface area contributed by atoms with E-state index in [1.807, 2.05) is 6.20 Å². The molecule has 4 aliphatic heterocycles. The molecule has 0 aromatic heterocycles. The summed E-state index contributed by atoms with van der Waals surface area (Å²) in [6, 6.07) is 0. The number of nitrogens with one attached hydrogen (secondary N) is 1. The number of nitrogens with zero attached hydrogens (tertiary/aromatic N) is 2. The molecule has 3 saturated heterocycles. The molecule has 4 heteroatoms. The van der Waals surface area contributed by atoms with Gasteiger partial charge in [-0.25, -0.2) is 5.01 Å². The van der Waals surface area contributed by atoms with E-state index in [0.717, 1.165) is 5.92 Å². The maximum absolute atomic E-state index is 5.05. The third kappa shape index (κ3) is 1.14. The third-order valence-electron chi connectivity index (χ3n) is 4.13. The minimum absolute atomic E-state index is 0.571. The Labute approximate surface area is 84.6 Å². The van der Waals surface area contributed by atoms with E-state index >= 15 is 0 Å². The largest absolute Gasteiger partial charge is 0.395 e. The number of fused-ring (bicyclic) bond motifs is 3. The van der Waals surface area contributed by atoms with E-state index in [1.54, 1.807) is 6.26 Å². The first-order chi connectivity index (χ1) is 6.78. The summed E-state index contributed by atoms with van der Waals surface area (Å²) in [5.41, 5.74) is 2.94. The van der Waals surface area contributed by atoms with Crippen LogP contribution in [0.25, 0.3) is 0 Å². The molecule has 0 amide bonds. The molecule has 4 heterocycles. The highest BCUT2D eigenvalue weighted by molar-refractivity contribution is 4.84. The van der Waals surface area contributed by atoms with Gasteiger partial charge in [-0.15, -0.1) is 0 Å². The van der Waals surface area contributed by atoms with Crippen molar-refractivity contribution in [3.8, 4) is 0 Å². The molecular formula is C10H18N3O+. The molecule has 4 rings (SSSR count). The first-order valence-corrected chi connectivity index (χ1v) is 5.48. The van der Waals surface area contributed by atoms with Crippen molar-refractivity contribution in [3.05, 3.63) is 12.5 Å². The van der Waals surface area contributed by atoms with Gasteiger partial charge in [0.2, 0.25) is 0 Å². The van der Waals surface area contributed by atoms with Gasteiger partial charge in [0.15, 0.2) is 6.17 Å². The molecule has 0 aromatic carbocycles. The van der Waals surface area contributed by atoms with Crippen LogP contribution in [0, 0.1) is 5.92 Å². The molecule has 4 aliphatic rings. The fraction of sp³-hybridized carbons (Fsp3) is 0.800. The zero-order valence-electron chi connectivity index (χ0n) is 8.65. The summed E-state index contributed by atoms with van der Waals surface area (Å²) in [4.78, 5) is 5.05. The lowest BCUT2D eigenvalue weighted by atomic mass is 9.84. The molecule has 0 radical (unpaired) electrons. The average molecular weight is 196 g/mol. The molecule has 1 atom stereocenters. The Balaban J connectivity index is 1.82. The molecular weight excluding hydrogens is 178 g/mol. The van der Waals surface area contributed by atoms with Gasteiger partial charge < -0.3 is 9.32 Å². The molecule has 4 nitrogen and oxygen atoms in total. The maximum Gasteiger partial charge on any atom is 0.181 e. The second kappa shape index (κ2) is 2.87. The van der Waals surface area contributed by atoms with Gasteiger partial charge in [0.05, 0.1) is 26.3 Å². The lowest BCUT2D eigenvalue weighted by Crippen LogP contribution is -2.67. The van der Waals surface area contributed by atoms with Gasteiger partial charge in [-0.2, -0.15) is 0 Å². The summed E-state index contributed by atoms with van der Waals surface area (Å²) in [7, 11) is 2.37. The number of rotatable bonds is 1. The number of hydrazine groups is 1. The third-order valence-corrected chi connectivity index (χ3v) is 4.13. The molecule has 1 N–H and O–H groups in total. The fourth-order valence-corrected chi connectivity index (χ4v) is 3.09. The Hall–Kier alpha value is -0.740. The molecule has 2 bridgehead atoms. The first kappa shape index (κ1) is 8.56. The standard InChI is InChI=1S/C10H18N3O/c1-13-5-2-9(3-6-13)8-10(13)12-4-7-14-11-12/h4,7,9-11H,2-3,5-6,8H2,1H3/q+1. The summed E-state index contributed by atoms with van der Waals surface area (Å²) in [5.74, 6) is 0.941. The van der Waals surface area contributed by atoms with E-state index in [9.17, 15) is 0 Å². The van der Waals surface area contributed by atoms with Crippen LogP contribution >= 0.6 is 0 Å². The molecule has 0 saturated carbocycles. The van der Waals surface area contributed by atoms with Crippen molar-refractivity contribution in [1.29, 1.82) is 0 Å². The van der Waals surface area contributed by atoms with E-state index in [-0.39, 0.29) is 0 Å². The van der Waals surface area contributed by atoms with Crippen LogP contribution in [-0.2, 0) is 4.84 Å². The van der Waals surface area contributed by atoms with Crippen molar-refractivity contribution in [3.63, 3.8) is 0 Å². The van der Waals surface area contributed by atoms with Crippen molar-refractivity contribution < 1.29 is 9.32 Å². The van der Waals surface area contributed by atoms with E-state index in [0.29, 0.717) is 6.17 Å². The Bertz CT molecular complexity index is 258. The van der Waals surface area contributed by atoms with Crippen LogP contribution in [0.2, 0.25) is 0 Å². The minimum atomic E-state index is 0.571. The van der Waals surface area contributed by atoms with Crippen LogP contribution in [0.15, 0.2) is 12.5 Å². The Morgan fingerprint density at radius 1 is 1.43 bits per heavy atom. The van der Waals surface area contributed by atoms with Crippen molar-refractivity contribution in [2.24, 2.45) is 5.92 Å². The number of quaternary nitrogens is 1. The SMILES string of the molecule is C[N+]12CCC(CC1)CC2N1C=CON1. The summed E-state index contributed by atoms with van der Waals surface area (Å²) >= 11 is 0. The predicted molar refractivity (Wildman–Crippen MR) is 52.2 cm³/mol. The molecule has 1 unspecified atom stereocenters. The van der Waals surface area contributed by atoms with Crippen molar-refractivity contribution in [1.82, 2.24) is 10.6 Å². The Morgan fingerprint density at radius 3 is 2.79 bits per heavy atom. The zero-order valence-corrected chi connectivity index (χ0v) is 8.65. The highest BCUT2D eigenvalue weighted by Gasteiger charge is 2.47. The van der Waals surface area contributed by atoms with Crippen LogP contribution in [0.3, 0.4) is 0 Å². The lowest BCUT2D eigenvalue weighted by Gasteiger charge is -2.53. The average Bonchev–Trinajstić information content (AvgIpc) is 2.71. The quantitative estimate of drug-likeness (QED) is 0.628. The number of piperidine rings is 3. The van der Waals surface area contributed by atoms with Gasteiger partial charge in [0.25, 0.3) is 0 Å². The molecule has 14 heavy (non-hydrogen) atoms. The van der Waals surface area contributed by atoms with Crippen molar-refractivity contribution in [2.75, 3.05) is 20.1 Å².